The van der Waals surface area contributed by atoms with Gasteiger partial charge in [0.15, 0.2) is 0 Å². The Morgan fingerprint density at radius 1 is 1.00 bits per heavy atom. The first-order valence-corrected chi connectivity index (χ1v) is 6.08. The Bertz CT molecular complexity index is 617. The second-order valence-corrected chi connectivity index (χ2v) is 4.11. The first-order valence-electron chi connectivity index (χ1n) is 6.08. The summed E-state index contributed by atoms with van der Waals surface area (Å²) < 4.78 is 11.2. The summed E-state index contributed by atoms with van der Waals surface area (Å²) in [5, 5.41) is 1.13. The highest BCUT2D eigenvalue weighted by molar-refractivity contribution is 5.82. The van der Waals surface area contributed by atoms with Crippen LogP contribution in [0.1, 0.15) is 6.92 Å². The minimum atomic E-state index is 0.685. The van der Waals surface area contributed by atoms with Gasteiger partial charge in [0, 0.05) is 10.9 Å². The average molecular weight is 238 g/mol. The Morgan fingerprint density at radius 2 is 1.78 bits per heavy atom. The van der Waals surface area contributed by atoms with Gasteiger partial charge in [-0.25, -0.2) is 0 Å². The van der Waals surface area contributed by atoms with Crippen LogP contribution in [0.2, 0.25) is 0 Å². The van der Waals surface area contributed by atoms with Crippen molar-refractivity contribution in [2.75, 3.05) is 6.61 Å². The number of hydrogen-bond donors (Lipinski definition) is 0. The molecule has 0 saturated carbocycles. The predicted octanol–water partition coefficient (Wildman–Crippen LogP) is 4.50. The summed E-state index contributed by atoms with van der Waals surface area (Å²) in [6.45, 7) is 2.66. The maximum absolute atomic E-state index is 5.81. The van der Waals surface area contributed by atoms with Gasteiger partial charge in [-0.1, -0.05) is 18.2 Å². The molecule has 0 amide bonds. The van der Waals surface area contributed by atoms with Crippen LogP contribution in [0.15, 0.2) is 59.0 Å². The lowest BCUT2D eigenvalue weighted by Crippen LogP contribution is -1.90. The molecule has 90 valence electrons. The molecule has 0 spiro atoms. The zero-order valence-corrected chi connectivity index (χ0v) is 10.2. The van der Waals surface area contributed by atoms with Crippen LogP contribution < -0.4 is 4.74 Å². The summed E-state index contributed by atoms with van der Waals surface area (Å²) >= 11 is 0. The molecule has 2 aromatic carbocycles. The van der Waals surface area contributed by atoms with Gasteiger partial charge >= 0.3 is 0 Å². The highest BCUT2D eigenvalue weighted by Gasteiger charge is 2.05. The molecule has 0 radical (unpaired) electrons. The Balaban J connectivity index is 1.98. The largest absolute Gasteiger partial charge is 0.494 e. The molecule has 2 heteroatoms. The van der Waals surface area contributed by atoms with Gasteiger partial charge in [-0.3, -0.25) is 0 Å². The summed E-state index contributed by atoms with van der Waals surface area (Å²) in [5.41, 5.74) is 1.98. The lowest BCUT2D eigenvalue weighted by Gasteiger charge is -2.02. The number of fused-ring (bicyclic) bond motifs is 1. The van der Waals surface area contributed by atoms with E-state index in [0.29, 0.717) is 6.61 Å². The standard InChI is InChI=1S/C16H14O2/c1-2-17-14-9-7-12(8-10-14)16-11-13-5-3-4-6-15(13)18-16/h3-11H,2H2,1H3. The molecule has 1 aromatic heterocycles. The van der Waals surface area contributed by atoms with Gasteiger partial charge in [0.05, 0.1) is 6.61 Å². The Morgan fingerprint density at radius 3 is 2.50 bits per heavy atom. The number of furan rings is 1. The van der Waals surface area contributed by atoms with Crippen LogP contribution in [0.4, 0.5) is 0 Å². The third-order valence-electron chi connectivity index (χ3n) is 2.88. The molecule has 1 heterocycles. The number of para-hydroxylation sites is 1. The summed E-state index contributed by atoms with van der Waals surface area (Å²) in [4.78, 5) is 0. The van der Waals surface area contributed by atoms with Crippen molar-refractivity contribution in [3.63, 3.8) is 0 Å². The van der Waals surface area contributed by atoms with Crippen molar-refractivity contribution >= 4 is 11.0 Å². The maximum Gasteiger partial charge on any atom is 0.135 e. The van der Waals surface area contributed by atoms with Crippen LogP contribution in [-0.4, -0.2) is 6.61 Å². The lowest BCUT2D eigenvalue weighted by molar-refractivity contribution is 0.340. The van der Waals surface area contributed by atoms with E-state index in [0.717, 1.165) is 28.0 Å². The number of rotatable bonds is 3. The van der Waals surface area contributed by atoms with E-state index in [4.69, 9.17) is 9.15 Å². The van der Waals surface area contributed by atoms with Gasteiger partial charge < -0.3 is 9.15 Å². The van der Waals surface area contributed by atoms with Crippen molar-refractivity contribution in [2.24, 2.45) is 0 Å². The van der Waals surface area contributed by atoms with Crippen LogP contribution in [0.25, 0.3) is 22.3 Å². The predicted molar refractivity (Wildman–Crippen MR) is 72.8 cm³/mol. The smallest absolute Gasteiger partial charge is 0.135 e. The van der Waals surface area contributed by atoms with Gasteiger partial charge in [0.2, 0.25) is 0 Å². The maximum atomic E-state index is 5.81. The van der Waals surface area contributed by atoms with Crippen LogP contribution in [0.5, 0.6) is 5.75 Å². The molecule has 0 aliphatic carbocycles. The summed E-state index contributed by atoms with van der Waals surface area (Å²) in [6, 6.07) is 18.0. The van der Waals surface area contributed by atoms with Gasteiger partial charge in [-0.2, -0.15) is 0 Å². The van der Waals surface area contributed by atoms with Gasteiger partial charge in [0.1, 0.15) is 17.1 Å². The number of hydrogen-bond acceptors (Lipinski definition) is 2. The van der Waals surface area contributed by atoms with E-state index >= 15 is 0 Å². The fourth-order valence-electron chi connectivity index (χ4n) is 2.01. The topological polar surface area (TPSA) is 22.4 Å². The van der Waals surface area contributed by atoms with Crippen LogP contribution in [-0.2, 0) is 0 Å². The van der Waals surface area contributed by atoms with Crippen molar-refractivity contribution < 1.29 is 9.15 Å². The van der Waals surface area contributed by atoms with Crippen LogP contribution >= 0.6 is 0 Å². The van der Waals surface area contributed by atoms with E-state index in [-0.39, 0.29) is 0 Å². The van der Waals surface area contributed by atoms with Crippen molar-refractivity contribution in [1.29, 1.82) is 0 Å². The molecule has 0 aliphatic heterocycles. The minimum absolute atomic E-state index is 0.685. The number of benzene rings is 2. The van der Waals surface area contributed by atoms with Crippen molar-refractivity contribution in [3.8, 4) is 17.1 Å². The van der Waals surface area contributed by atoms with E-state index < -0.39 is 0 Å². The summed E-state index contributed by atoms with van der Waals surface area (Å²) in [6.07, 6.45) is 0. The molecular weight excluding hydrogens is 224 g/mol. The van der Waals surface area contributed by atoms with Crippen molar-refractivity contribution in [2.45, 2.75) is 6.92 Å². The molecular formula is C16H14O2. The molecule has 3 rings (SSSR count). The molecule has 0 bridgehead atoms. The molecule has 0 saturated heterocycles. The molecule has 2 nitrogen and oxygen atoms in total. The van der Waals surface area contributed by atoms with Crippen molar-refractivity contribution in [3.05, 3.63) is 54.6 Å². The molecule has 3 aromatic rings. The fraction of sp³-hybridized carbons (Fsp3) is 0.125. The Hall–Kier alpha value is -2.22. The summed E-state index contributed by atoms with van der Waals surface area (Å²) in [5.74, 6) is 1.77. The van der Waals surface area contributed by atoms with E-state index in [1.54, 1.807) is 0 Å². The molecule has 0 atom stereocenters. The monoisotopic (exact) mass is 238 g/mol. The van der Waals surface area contributed by atoms with Gasteiger partial charge in [-0.15, -0.1) is 0 Å². The van der Waals surface area contributed by atoms with E-state index in [9.17, 15) is 0 Å². The van der Waals surface area contributed by atoms with Crippen LogP contribution in [0, 0.1) is 0 Å². The zero-order valence-electron chi connectivity index (χ0n) is 10.2. The quantitative estimate of drug-likeness (QED) is 0.670. The third kappa shape index (κ3) is 1.97. The zero-order chi connectivity index (χ0) is 12.4. The Labute approximate surface area is 106 Å². The van der Waals surface area contributed by atoms with Gasteiger partial charge in [-0.05, 0) is 43.3 Å². The molecule has 18 heavy (non-hydrogen) atoms. The van der Waals surface area contributed by atoms with E-state index in [2.05, 4.69) is 12.1 Å². The molecule has 0 fully saturated rings. The van der Waals surface area contributed by atoms with Gasteiger partial charge in [0.25, 0.3) is 0 Å². The minimum Gasteiger partial charge on any atom is -0.494 e. The highest BCUT2D eigenvalue weighted by Crippen LogP contribution is 2.28. The Kier molecular flexibility index (Phi) is 2.77. The fourth-order valence-corrected chi connectivity index (χ4v) is 2.01. The highest BCUT2D eigenvalue weighted by atomic mass is 16.5. The second-order valence-electron chi connectivity index (χ2n) is 4.11. The SMILES string of the molecule is CCOc1ccc(-c2cc3ccccc3o2)cc1. The average Bonchev–Trinajstić information content (AvgIpc) is 2.84. The lowest BCUT2D eigenvalue weighted by atomic mass is 10.1. The third-order valence-corrected chi connectivity index (χ3v) is 2.88. The first-order chi connectivity index (χ1) is 8.86. The normalized spacial score (nSPS) is 10.7. The van der Waals surface area contributed by atoms with E-state index in [1.165, 1.54) is 0 Å². The molecule has 0 unspecified atom stereocenters. The summed E-state index contributed by atoms with van der Waals surface area (Å²) in [7, 11) is 0. The van der Waals surface area contributed by atoms with Crippen LogP contribution in [0.3, 0.4) is 0 Å². The first kappa shape index (κ1) is 10.9. The molecule has 0 aliphatic rings. The molecule has 0 N–H and O–H groups in total. The second kappa shape index (κ2) is 4.57. The van der Waals surface area contributed by atoms with Crippen molar-refractivity contribution in [1.82, 2.24) is 0 Å². The van der Waals surface area contributed by atoms with E-state index in [1.807, 2.05) is 49.4 Å². The number of ether oxygens (including phenoxy) is 1.